The maximum absolute atomic E-state index is 11.5. The molecule has 0 aliphatic heterocycles. The number of hydrogen-bond donors (Lipinski definition) is 1. The van der Waals surface area contributed by atoms with Crippen LogP contribution in [0.1, 0.15) is 43.0 Å². The molecular formula is C14H22N2O2. The number of ether oxygens (including phenoxy) is 1. The average Bonchev–Trinajstić information content (AvgIpc) is 2.42. The first-order chi connectivity index (χ1) is 8.84. The number of aromatic nitrogens is 1. The van der Waals surface area contributed by atoms with E-state index in [1.807, 2.05) is 0 Å². The second kappa shape index (κ2) is 9.59. The van der Waals surface area contributed by atoms with E-state index in [-0.39, 0.29) is 5.97 Å². The molecule has 1 aromatic rings. The topological polar surface area (TPSA) is 51.2 Å². The maximum Gasteiger partial charge on any atom is 0.339 e. The van der Waals surface area contributed by atoms with Crippen LogP contribution in [0, 0.1) is 0 Å². The highest BCUT2D eigenvalue weighted by Gasteiger charge is 2.05. The molecule has 0 saturated carbocycles. The summed E-state index contributed by atoms with van der Waals surface area (Å²) >= 11 is 0. The van der Waals surface area contributed by atoms with Crippen molar-refractivity contribution in [3.63, 3.8) is 0 Å². The van der Waals surface area contributed by atoms with Crippen molar-refractivity contribution >= 4 is 5.97 Å². The van der Waals surface area contributed by atoms with Crippen LogP contribution in [-0.4, -0.2) is 30.6 Å². The molecule has 100 valence electrons. The normalized spacial score (nSPS) is 10.3. The molecule has 18 heavy (non-hydrogen) atoms. The zero-order chi connectivity index (χ0) is 13.1. The Morgan fingerprint density at radius 3 is 2.94 bits per heavy atom. The molecule has 0 spiro atoms. The van der Waals surface area contributed by atoms with E-state index in [4.69, 9.17) is 4.74 Å². The van der Waals surface area contributed by atoms with Gasteiger partial charge in [0.15, 0.2) is 0 Å². The van der Waals surface area contributed by atoms with E-state index < -0.39 is 0 Å². The number of rotatable bonds is 9. The molecule has 4 heteroatoms. The van der Waals surface area contributed by atoms with Crippen LogP contribution in [0.2, 0.25) is 0 Å². The molecular weight excluding hydrogens is 228 g/mol. The van der Waals surface area contributed by atoms with E-state index in [9.17, 15) is 4.79 Å². The summed E-state index contributed by atoms with van der Waals surface area (Å²) in [4.78, 5) is 15.4. The van der Waals surface area contributed by atoms with Crippen molar-refractivity contribution in [3.8, 4) is 0 Å². The molecule has 0 saturated heterocycles. The number of carbonyl (C=O) groups is 1. The fourth-order valence-corrected chi connectivity index (χ4v) is 1.56. The molecule has 0 aliphatic rings. The Kier molecular flexibility index (Phi) is 7.80. The minimum absolute atomic E-state index is 0.285. The van der Waals surface area contributed by atoms with Crippen LogP contribution >= 0.6 is 0 Å². The molecule has 4 nitrogen and oxygen atoms in total. The summed E-state index contributed by atoms with van der Waals surface area (Å²) in [6.07, 6.45) is 7.46. The van der Waals surface area contributed by atoms with E-state index >= 15 is 0 Å². The zero-order valence-corrected chi connectivity index (χ0v) is 11.0. The maximum atomic E-state index is 11.5. The Morgan fingerprint density at radius 1 is 1.33 bits per heavy atom. The SMILES string of the molecule is CCCNCCCCCOC(=O)c1cccnc1. The fourth-order valence-electron chi connectivity index (χ4n) is 1.56. The lowest BCUT2D eigenvalue weighted by atomic mass is 10.2. The molecule has 0 amide bonds. The van der Waals surface area contributed by atoms with Crippen LogP contribution in [0.15, 0.2) is 24.5 Å². The lowest BCUT2D eigenvalue weighted by Crippen LogP contribution is -2.16. The van der Waals surface area contributed by atoms with Crippen molar-refractivity contribution in [2.24, 2.45) is 0 Å². The van der Waals surface area contributed by atoms with Crippen LogP contribution in [0.4, 0.5) is 0 Å². The zero-order valence-electron chi connectivity index (χ0n) is 11.0. The fraction of sp³-hybridized carbons (Fsp3) is 0.571. The largest absolute Gasteiger partial charge is 0.462 e. The van der Waals surface area contributed by atoms with Gasteiger partial charge in [-0.3, -0.25) is 4.98 Å². The molecule has 0 fully saturated rings. The monoisotopic (exact) mass is 250 g/mol. The standard InChI is InChI=1S/C14H22N2O2/c1-2-8-15-9-4-3-5-11-18-14(17)13-7-6-10-16-12-13/h6-7,10,12,15H,2-5,8-9,11H2,1H3. The molecule has 0 aliphatic carbocycles. The van der Waals surface area contributed by atoms with Crippen LogP contribution < -0.4 is 5.32 Å². The van der Waals surface area contributed by atoms with Crippen molar-refractivity contribution < 1.29 is 9.53 Å². The van der Waals surface area contributed by atoms with E-state index in [2.05, 4.69) is 17.2 Å². The quantitative estimate of drug-likeness (QED) is 0.540. The van der Waals surface area contributed by atoms with Crippen LogP contribution in [0.25, 0.3) is 0 Å². The minimum Gasteiger partial charge on any atom is -0.462 e. The number of pyridine rings is 1. The summed E-state index contributed by atoms with van der Waals surface area (Å²) < 4.78 is 5.16. The van der Waals surface area contributed by atoms with Gasteiger partial charge in [0.2, 0.25) is 0 Å². The van der Waals surface area contributed by atoms with Gasteiger partial charge in [-0.1, -0.05) is 6.92 Å². The van der Waals surface area contributed by atoms with Crippen LogP contribution in [0.3, 0.4) is 0 Å². The van der Waals surface area contributed by atoms with Crippen molar-refractivity contribution in [3.05, 3.63) is 30.1 Å². The van der Waals surface area contributed by atoms with Crippen LogP contribution in [-0.2, 0) is 4.74 Å². The summed E-state index contributed by atoms with van der Waals surface area (Å²) in [5.74, 6) is -0.285. The van der Waals surface area contributed by atoms with Gasteiger partial charge < -0.3 is 10.1 Å². The van der Waals surface area contributed by atoms with Gasteiger partial charge >= 0.3 is 5.97 Å². The first-order valence-corrected chi connectivity index (χ1v) is 6.62. The predicted octanol–water partition coefficient (Wildman–Crippen LogP) is 2.41. The Labute approximate surface area is 109 Å². The highest BCUT2D eigenvalue weighted by atomic mass is 16.5. The van der Waals surface area contributed by atoms with Gasteiger partial charge in [0, 0.05) is 12.4 Å². The molecule has 0 bridgehead atoms. The van der Waals surface area contributed by atoms with E-state index in [0.717, 1.165) is 32.4 Å². The third kappa shape index (κ3) is 6.35. The van der Waals surface area contributed by atoms with Gasteiger partial charge in [-0.05, 0) is 50.9 Å². The van der Waals surface area contributed by atoms with Gasteiger partial charge in [-0.15, -0.1) is 0 Å². The Balaban J connectivity index is 2.00. The highest BCUT2D eigenvalue weighted by molar-refractivity contribution is 5.88. The first-order valence-electron chi connectivity index (χ1n) is 6.62. The van der Waals surface area contributed by atoms with Crippen LogP contribution in [0.5, 0.6) is 0 Å². The number of unbranched alkanes of at least 4 members (excludes halogenated alkanes) is 2. The van der Waals surface area contributed by atoms with Crippen molar-refractivity contribution in [2.75, 3.05) is 19.7 Å². The predicted molar refractivity (Wildman–Crippen MR) is 71.5 cm³/mol. The summed E-state index contributed by atoms with van der Waals surface area (Å²) in [5, 5.41) is 3.34. The summed E-state index contributed by atoms with van der Waals surface area (Å²) in [6.45, 7) is 4.77. The highest BCUT2D eigenvalue weighted by Crippen LogP contribution is 2.01. The van der Waals surface area contributed by atoms with Gasteiger partial charge in [0.25, 0.3) is 0 Å². The smallest absolute Gasteiger partial charge is 0.339 e. The Morgan fingerprint density at radius 2 is 2.22 bits per heavy atom. The van der Waals surface area contributed by atoms with E-state index in [1.54, 1.807) is 18.3 Å². The van der Waals surface area contributed by atoms with Gasteiger partial charge in [-0.2, -0.15) is 0 Å². The summed E-state index contributed by atoms with van der Waals surface area (Å²) in [6, 6.07) is 3.44. The Bertz CT molecular complexity index is 328. The molecule has 0 aromatic carbocycles. The Hall–Kier alpha value is -1.42. The molecule has 0 unspecified atom stereocenters. The van der Waals surface area contributed by atoms with E-state index in [0.29, 0.717) is 12.2 Å². The number of hydrogen-bond acceptors (Lipinski definition) is 4. The van der Waals surface area contributed by atoms with E-state index in [1.165, 1.54) is 12.6 Å². The number of nitrogens with one attached hydrogen (secondary N) is 1. The van der Waals surface area contributed by atoms with Gasteiger partial charge in [-0.25, -0.2) is 4.79 Å². The molecule has 1 aromatic heterocycles. The number of esters is 1. The molecule has 1 N–H and O–H groups in total. The van der Waals surface area contributed by atoms with Crippen molar-refractivity contribution in [1.29, 1.82) is 0 Å². The second-order valence-electron chi connectivity index (χ2n) is 4.19. The molecule has 0 radical (unpaired) electrons. The molecule has 0 atom stereocenters. The lowest BCUT2D eigenvalue weighted by molar-refractivity contribution is 0.0497. The van der Waals surface area contributed by atoms with Crippen molar-refractivity contribution in [1.82, 2.24) is 10.3 Å². The lowest BCUT2D eigenvalue weighted by Gasteiger charge is -2.05. The molecule has 1 heterocycles. The van der Waals surface area contributed by atoms with Gasteiger partial charge in [0.05, 0.1) is 12.2 Å². The minimum atomic E-state index is -0.285. The molecule has 1 rings (SSSR count). The number of carbonyl (C=O) groups excluding carboxylic acids is 1. The summed E-state index contributed by atoms with van der Waals surface area (Å²) in [7, 11) is 0. The summed E-state index contributed by atoms with van der Waals surface area (Å²) in [5.41, 5.74) is 0.516. The van der Waals surface area contributed by atoms with Gasteiger partial charge in [0.1, 0.15) is 0 Å². The third-order valence-corrected chi connectivity index (χ3v) is 2.56. The average molecular weight is 250 g/mol. The third-order valence-electron chi connectivity index (χ3n) is 2.56. The van der Waals surface area contributed by atoms with Crippen molar-refractivity contribution in [2.45, 2.75) is 32.6 Å². The first kappa shape index (κ1) is 14.6. The second-order valence-corrected chi connectivity index (χ2v) is 4.19. The number of nitrogens with zero attached hydrogens (tertiary/aromatic N) is 1.